The van der Waals surface area contributed by atoms with E-state index in [2.05, 4.69) is 22.1 Å². The maximum absolute atomic E-state index is 5.86. The van der Waals surface area contributed by atoms with Crippen molar-refractivity contribution in [2.75, 3.05) is 0 Å². The van der Waals surface area contributed by atoms with Crippen LogP contribution in [0.25, 0.3) is 21.9 Å². The van der Waals surface area contributed by atoms with Gasteiger partial charge in [0.25, 0.3) is 0 Å². The quantitative estimate of drug-likeness (QED) is 0.312. The molecular weight excluding hydrogens is 539 g/mol. The average molecular weight is 553 g/mol. The van der Waals surface area contributed by atoms with Crippen molar-refractivity contribution in [3.8, 4) is 23.3 Å². The topological polar surface area (TPSA) is 67.2 Å². The molecule has 0 aliphatic rings. The number of ether oxygens (including phenoxy) is 2. The Morgan fingerprint density at radius 3 is 1.64 bits per heavy atom. The maximum Gasteiger partial charge on any atom is 2.00 e. The molecule has 0 unspecified atom stereocenters. The minimum Gasteiger partial charge on any atom is -0.564 e. The molecule has 0 radical (unpaired) electrons. The molecule has 0 atom stereocenters. The van der Waals surface area contributed by atoms with Crippen LogP contribution in [0.2, 0.25) is 0 Å². The number of fused-ring (bicyclic) bond motifs is 3. The molecular formula is C20H14N4O3Pt. The summed E-state index contributed by atoms with van der Waals surface area (Å²) in [4.78, 5) is 8.33. The zero-order valence-electron chi connectivity index (χ0n) is 14.9. The summed E-state index contributed by atoms with van der Waals surface area (Å²) in [6, 6.07) is 13.7. The number of rotatable bonds is 4. The van der Waals surface area contributed by atoms with Gasteiger partial charge in [-0.2, -0.15) is 10.8 Å². The van der Waals surface area contributed by atoms with E-state index in [4.69, 9.17) is 13.9 Å². The van der Waals surface area contributed by atoms with Crippen LogP contribution in [0.15, 0.2) is 53.7 Å². The van der Waals surface area contributed by atoms with Crippen LogP contribution in [-0.4, -0.2) is 19.1 Å². The first-order valence-electron chi connectivity index (χ1n) is 8.26. The molecule has 8 heteroatoms. The third-order valence-electron chi connectivity index (χ3n) is 4.02. The number of furan rings is 1. The Kier molecular flexibility index (Phi) is 4.69. The van der Waals surface area contributed by atoms with Crippen LogP contribution in [0.1, 0.15) is 0 Å². The van der Waals surface area contributed by atoms with E-state index in [0.717, 1.165) is 10.8 Å². The number of hydrogen-bond acceptors (Lipinski definition) is 5. The molecule has 0 spiro atoms. The number of imidazole rings is 2. The molecule has 0 aliphatic heterocycles. The van der Waals surface area contributed by atoms with Gasteiger partial charge in [-0.25, -0.2) is 9.97 Å². The van der Waals surface area contributed by atoms with Gasteiger partial charge in [0.1, 0.15) is 0 Å². The average Bonchev–Trinajstić information content (AvgIpc) is 3.34. The standard InChI is InChI=1S/C20H14N4O3.Pt/c1-23-9-19(21-11-23)25-13-3-5-17-15(7-13)16-8-14(4-6-18(16)27-17)26-20-10-24(2)12-22-20;/h3-6,9-12H,1-2H3;/q-2;+2. The summed E-state index contributed by atoms with van der Waals surface area (Å²) in [6.07, 6.45) is 6.93. The first kappa shape index (κ1) is 18.3. The SMILES string of the molecule is Cn1cnc(Oc2[c-]c3c(cc2)oc2ccc(Oc4cn(C)cn4)[c-]c23)c1.[Pt+2]. The van der Waals surface area contributed by atoms with Crippen LogP contribution >= 0.6 is 0 Å². The molecule has 7 nitrogen and oxygen atoms in total. The van der Waals surface area contributed by atoms with E-state index in [1.165, 1.54) is 0 Å². The van der Waals surface area contributed by atoms with Crippen LogP contribution in [0, 0.1) is 12.1 Å². The Morgan fingerprint density at radius 2 is 1.25 bits per heavy atom. The zero-order valence-corrected chi connectivity index (χ0v) is 17.2. The minimum absolute atomic E-state index is 0. The Labute approximate surface area is 174 Å². The van der Waals surface area contributed by atoms with E-state index in [1.807, 2.05) is 35.4 Å². The fourth-order valence-electron chi connectivity index (χ4n) is 2.81. The van der Waals surface area contributed by atoms with E-state index < -0.39 is 0 Å². The zero-order chi connectivity index (χ0) is 18.4. The first-order valence-corrected chi connectivity index (χ1v) is 8.26. The van der Waals surface area contributed by atoms with Gasteiger partial charge in [0, 0.05) is 25.6 Å². The number of hydrogen-bond donors (Lipinski definition) is 0. The van der Waals surface area contributed by atoms with Gasteiger partial charge in [-0.15, -0.1) is 24.3 Å². The fraction of sp³-hybridized carbons (Fsp3) is 0.100. The van der Waals surface area contributed by atoms with Crippen molar-refractivity contribution in [2.45, 2.75) is 0 Å². The molecule has 0 fully saturated rings. The summed E-state index contributed by atoms with van der Waals surface area (Å²) in [7, 11) is 3.77. The fourth-order valence-corrected chi connectivity index (χ4v) is 2.81. The van der Waals surface area contributed by atoms with Crippen molar-refractivity contribution >= 4 is 21.9 Å². The normalized spacial score (nSPS) is 10.9. The molecule has 0 saturated carbocycles. The number of nitrogens with zero attached hydrogens (tertiary/aromatic N) is 4. The van der Waals surface area contributed by atoms with E-state index >= 15 is 0 Å². The van der Waals surface area contributed by atoms with Crippen molar-refractivity contribution in [2.24, 2.45) is 14.1 Å². The van der Waals surface area contributed by atoms with Gasteiger partial charge in [-0.3, -0.25) is 0 Å². The second kappa shape index (κ2) is 7.17. The Hall–Kier alpha value is -3.05. The smallest absolute Gasteiger partial charge is 0.564 e. The summed E-state index contributed by atoms with van der Waals surface area (Å²) in [6.45, 7) is 0. The van der Waals surface area contributed by atoms with Crippen molar-refractivity contribution in [3.05, 3.63) is 61.4 Å². The Balaban J connectivity index is 0.00000192. The summed E-state index contributed by atoms with van der Waals surface area (Å²) in [5, 5.41) is 1.54. The van der Waals surface area contributed by atoms with Crippen molar-refractivity contribution in [1.29, 1.82) is 0 Å². The number of aryl methyl sites for hydroxylation is 2. The van der Waals surface area contributed by atoms with Gasteiger partial charge in [-0.1, -0.05) is 12.1 Å². The molecule has 5 rings (SSSR count). The molecule has 28 heavy (non-hydrogen) atoms. The van der Waals surface area contributed by atoms with Crippen LogP contribution in [0.3, 0.4) is 0 Å². The molecule has 0 N–H and O–H groups in total. The third-order valence-corrected chi connectivity index (χ3v) is 4.02. The van der Waals surface area contributed by atoms with Crippen LogP contribution in [0.5, 0.6) is 23.3 Å². The number of benzene rings is 2. The second-order valence-electron chi connectivity index (χ2n) is 6.18. The maximum atomic E-state index is 5.86. The van der Waals surface area contributed by atoms with E-state index in [0.29, 0.717) is 34.4 Å². The molecule has 0 bridgehead atoms. The molecule has 3 heterocycles. The molecule has 5 aromatic rings. The van der Waals surface area contributed by atoms with Gasteiger partial charge in [0.05, 0.1) is 25.0 Å². The predicted molar refractivity (Wildman–Crippen MR) is 98.0 cm³/mol. The van der Waals surface area contributed by atoms with Crippen LogP contribution in [-0.2, 0) is 35.2 Å². The van der Waals surface area contributed by atoms with Gasteiger partial charge in [0.15, 0.2) is 0 Å². The summed E-state index contributed by atoms with van der Waals surface area (Å²) in [5.74, 6) is 2.11. The van der Waals surface area contributed by atoms with E-state index in [-0.39, 0.29) is 21.1 Å². The van der Waals surface area contributed by atoms with Crippen LogP contribution < -0.4 is 9.47 Å². The summed E-state index contributed by atoms with van der Waals surface area (Å²) in [5.41, 5.74) is 1.40. The summed E-state index contributed by atoms with van der Waals surface area (Å²) < 4.78 is 21.0. The van der Waals surface area contributed by atoms with E-state index in [9.17, 15) is 0 Å². The molecule has 3 aromatic heterocycles. The molecule has 0 saturated heterocycles. The summed E-state index contributed by atoms with van der Waals surface area (Å²) >= 11 is 0. The molecule has 2 aromatic carbocycles. The number of aromatic nitrogens is 4. The minimum atomic E-state index is 0. The van der Waals surface area contributed by atoms with Crippen molar-refractivity contribution in [3.63, 3.8) is 0 Å². The largest absolute Gasteiger partial charge is 2.00 e. The van der Waals surface area contributed by atoms with Gasteiger partial charge < -0.3 is 23.0 Å². The first-order chi connectivity index (χ1) is 13.1. The predicted octanol–water partition coefficient (Wildman–Crippen LogP) is 4.24. The third kappa shape index (κ3) is 3.41. The van der Waals surface area contributed by atoms with Gasteiger partial charge in [0.2, 0.25) is 11.8 Å². The van der Waals surface area contributed by atoms with Gasteiger partial charge in [-0.05, 0) is 11.2 Å². The van der Waals surface area contributed by atoms with E-state index in [1.54, 1.807) is 37.2 Å². The Bertz CT molecular complexity index is 1170. The van der Waals surface area contributed by atoms with Crippen molar-refractivity contribution < 1.29 is 35.0 Å². The monoisotopic (exact) mass is 553 g/mol. The Morgan fingerprint density at radius 1 is 0.786 bits per heavy atom. The molecule has 0 aliphatic carbocycles. The van der Waals surface area contributed by atoms with Crippen LogP contribution in [0.4, 0.5) is 0 Å². The molecule has 142 valence electrons. The molecule has 0 amide bonds. The van der Waals surface area contributed by atoms with Crippen molar-refractivity contribution in [1.82, 2.24) is 19.1 Å². The second-order valence-corrected chi connectivity index (χ2v) is 6.18. The van der Waals surface area contributed by atoms with Gasteiger partial charge >= 0.3 is 21.1 Å².